The third kappa shape index (κ3) is 3.74. The standard InChI is InChI=1S/C19H13BrCl2N2O2S2/c20-15-17(19(22)27-18(15)21)28(25,26)24-13-7-5-12(6-8-13)16-14-4-2-1-3-11(14)9-10-23-16/h1-8,24H,9-10H2. The molecule has 0 fully saturated rings. The van der Waals surface area contributed by atoms with Crippen molar-refractivity contribution in [2.75, 3.05) is 11.3 Å². The molecule has 2 heterocycles. The third-order valence-electron chi connectivity index (χ3n) is 4.33. The highest BCUT2D eigenvalue weighted by Gasteiger charge is 2.26. The summed E-state index contributed by atoms with van der Waals surface area (Å²) in [6.07, 6.45) is 0.927. The first-order chi connectivity index (χ1) is 13.4. The molecule has 1 N–H and O–H groups in total. The summed E-state index contributed by atoms with van der Waals surface area (Å²) in [6.45, 7) is 0.742. The highest BCUT2D eigenvalue weighted by Crippen LogP contribution is 2.43. The fourth-order valence-electron chi connectivity index (χ4n) is 3.06. The second kappa shape index (κ2) is 7.80. The van der Waals surface area contributed by atoms with Crippen molar-refractivity contribution in [2.24, 2.45) is 4.99 Å². The van der Waals surface area contributed by atoms with Gasteiger partial charge in [-0.15, -0.1) is 11.3 Å². The largest absolute Gasteiger partial charge is 0.284 e. The number of thiophene rings is 1. The van der Waals surface area contributed by atoms with E-state index in [9.17, 15) is 8.42 Å². The van der Waals surface area contributed by atoms with Crippen LogP contribution in [0.25, 0.3) is 0 Å². The van der Waals surface area contributed by atoms with Gasteiger partial charge in [-0.25, -0.2) is 8.42 Å². The van der Waals surface area contributed by atoms with Gasteiger partial charge in [0, 0.05) is 23.4 Å². The average molecular weight is 516 g/mol. The van der Waals surface area contributed by atoms with Gasteiger partial charge in [0.15, 0.2) is 0 Å². The van der Waals surface area contributed by atoms with E-state index in [-0.39, 0.29) is 18.0 Å². The van der Waals surface area contributed by atoms with Gasteiger partial charge in [0.05, 0.1) is 10.2 Å². The Balaban J connectivity index is 1.62. The molecule has 0 amide bonds. The van der Waals surface area contributed by atoms with Crippen molar-refractivity contribution >= 4 is 71.9 Å². The van der Waals surface area contributed by atoms with Gasteiger partial charge >= 0.3 is 0 Å². The Bertz CT molecular complexity index is 1190. The monoisotopic (exact) mass is 514 g/mol. The number of halogens is 3. The van der Waals surface area contributed by atoms with Gasteiger partial charge in [0.2, 0.25) is 0 Å². The molecule has 0 radical (unpaired) electrons. The number of hydrogen-bond acceptors (Lipinski definition) is 4. The number of aliphatic imine (C=N–C) groups is 1. The molecule has 28 heavy (non-hydrogen) atoms. The second-order valence-electron chi connectivity index (χ2n) is 6.11. The molecule has 0 aliphatic carbocycles. The minimum absolute atomic E-state index is 0.0566. The fraction of sp³-hybridized carbons (Fsp3) is 0.105. The van der Waals surface area contributed by atoms with E-state index < -0.39 is 10.0 Å². The van der Waals surface area contributed by atoms with E-state index in [1.165, 1.54) is 5.56 Å². The normalized spacial score (nSPS) is 13.8. The first-order valence-corrected chi connectivity index (χ1v) is 12.1. The number of nitrogens with one attached hydrogen (secondary N) is 1. The summed E-state index contributed by atoms with van der Waals surface area (Å²) >= 11 is 16.2. The van der Waals surface area contributed by atoms with Crippen molar-refractivity contribution in [1.29, 1.82) is 0 Å². The molecule has 0 bridgehead atoms. The summed E-state index contributed by atoms with van der Waals surface area (Å²) in [6, 6.07) is 15.3. The van der Waals surface area contributed by atoms with E-state index in [2.05, 4.69) is 37.8 Å². The van der Waals surface area contributed by atoms with E-state index in [0.717, 1.165) is 41.1 Å². The van der Waals surface area contributed by atoms with Gasteiger partial charge in [0.25, 0.3) is 10.0 Å². The minimum Gasteiger partial charge on any atom is -0.284 e. The minimum atomic E-state index is -3.87. The van der Waals surface area contributed by atoms with Crippen LogP contribution in [0.4, 0.5) is 5.69 Å². The lowest BCUT2D eigenvalue weighted by atomic mass is 9.93. The summed E-state index contributed by atoms with van der Waals surface area (Å²) in [7, 11) is -3.87. The van der Waals surface area contributed by atoms with Crippen LogP contribution in [0, 0.1) is 0 Å². The van der Waals surface area contributed by atoms with Crippen LogP contribution in [0.3, 0.4) is 0 Å². The number of hydrogen-bond donors (Lipinski definition) is 1. The maximum atomic E-state index is 12.7. The summed E-state index contributed by atoms with van der Waals surface area (Å²) in [5.41, 5.74) is 4.68. The molecule has 4 nitrogen and oxygen atoms in total. The third-order valence-corrected chi connectivity index (χ3v) is 9.18. The molecule has 1 aliphatic rings. The van der Waals surface area contributed by atoms with Crippen LogP contribution in [0.5, 0.6) is 0 Å². The lowest BCUT2D eigenvalue weighted by molar-refractivity contribution is 0.601. The number of anilines is 1. The zero-order chi connectivity index (χ0) is 19.9. The zero-order valence-electron chi connectivity index (χ0n) is 14.2. The van der Waals surface area contributed by atoms with Gasteiger partial charge < -0.3 is 0 Å². The Morgan fingerprint density at radius 3 is 2.43 bits per heavy atom. The quantitative estimate of drug-likeness (QED) is 0.462. The summed E-state index contributed by atoms with van der Waals surface area (Å²) < 4.78 is 28.6. The van der Waals surface area contributed by atoms with Crippen molar-refractivity contribution in [3.05, 3.63) is 78.4 Å². The van der Waals surface area contributed by atoms with Crippen LogP contribution in [-0.2, 0) is 16.4 Å². The van der Waals surface area contributed by atoms with E-state index >= 15 is 0 Å². The Morgan fingerprint density at radius 2 is 1.75 bits per heavy atom. The summed E-state index contributed by atoms with van der Waals surface area (Å²) in [4.78, 5) is 4.60. The molecule has 144 valence electrons. The second-order valence-corrected chi connectivity index (χ2v) is 10.7. The van der Waals surface area contributed by atoms with Gasteiger partial charge in [-0.05, 0) is 40.0 Å². The molecule has 4 rings (SSSR count). The highest BCUT2D eigenvalue weighted by atomic mass is 79.9. The molecule has 3 aromatic rings. The number of benzene rings is 2. The van der Waals surface area contributed by atoms with Crippen molar-refractivity contribution in [3.63, 3.8) is 0 Å². The van der Waals surface area contributed by atoms with Crippen molar-refractivity contribution in [1.82, 2.24) is 0 Å². The maximum absolute atomic E-state index is 12.7. The number of fused-ring (bicyclic) bond motifs is 1. The Hall–Kier alpha value is -1.38. The van der Waals surface area contributed by atoms with Gasteiger partial charge in [-0.2, -0.15) is 0 Å². The average Bonchev–Trinajstić information content (AvgIpc) is 2.94. The molecule has 2 aromatic carbocycles. The smallest absolute Gasteiger partial charge is 0.265 e. The van der Waals surface area contributed by atoms with Gasteiger partial charge in [0.1, 0.15) is 13.6 Å². The number of rotatable bonds is 4. The van der Waals surface area contributed by atoms with Crippen LogP contribution < -0.4 is 4.72 Å². The lowest BCUT2D eigenvalue weighted by Gasteiger charge is -2.17. The first-order valence-electron chi connectivity index (χ1n) is 8.26. The van der Waals surface area contributed by atoms with Crippen molar-refractivity contribution in [3.8, 4) is 0 Å². The van der Waals surface area contributed by atoms with Crippen LogP contribution in [-0.4, -0.2) is 20.7 Å². The first kappa shape index (κ1) is 19.9. The molecule has 1 aromatic heterocycles. The zero-order valence-corrected chi connectivity index (χ0v) is 19.0. The van der Waals surface area contributed by atoms with Gasteiger partial charge in [-0.1, -0.05) is 59.6 Å². The molecule has 0 saturated carbocycles. The Kier molecular flexibility index (Phi) is 5.55. The summed E-state index contributed by atoms with van der Waals surface area (Å²) in [5.74, 6) is 0. The Morgan fingerprint density at radius 1 is 1.04 bits per heavy atom. The van der Waals surface area contributed by atoms with E-state index in [1.54, 1.807) is 12.1 Å². The Labute approximate surface area is 185 Å². The highest BCUT2D eigenvalue weighted by molar-refractivity contribution is 9.10. The summed E-state index contributed by atoms with van der Waals surface area (Å²) in [5, 5.41) is 0. The lowest BCUT2D eigenvalue weighted by Crippen LogP contribution is -2.15. The van der Waals surface area contributed by atoms with E-state index in [0.29, 0.717) is 5.69 Å². The molecule has 0 spiro atoms. The van der Waals surface area contributed by atoms with Gasteiger partial charge in [-0.3, -0.25) is 9.71 Å². The van der Waals surface area contributed by atoms with E-state index in [4.69, 9.17) is 23.2 Å². The fourth-order valence-corrected chi connectivity index (χ4v) is 7.68. The number of sulfonamides is 1. The van der Waals surface area contributed by atoms with Crippen molar-refractivity contribution in [2.45, 2.75) is 11.3 Å². The SMILES string of the molecule is O=S(=O)(Nc1ccc(C2=NCCc3ccccc32)cc1)c1c(Cl)sc(Cl)c1Br. The van der Waals surface area contributed by atoms with Crippen molar-refractivity contribution < 1.29 is 8.42 Å². The predicted molar refractivity (Wildman–Crippen MR) is 120 cm³/mol. The molecular weight excluding hydrogens is 503 g/mol. The van der Waals surface area contributed by atoms with Crippen LogP contribution in [0.2, 0.25) is 8.67 Å². The topological polar surface area (TPSA) is 58.5 Å². The predicted octanol–water partition coefficient (Wildman–Crippen LogP) is 6.01. The number of nitrogens with zero attached hydrogens (tertiary/aromatic N) is 1. The maximum Gasteiger partial charge on any atom is 0.265 e. The van der Waals surface area contributed by atoms with Crippen LogP contribution in [0.15, 0.2) is 62.9 Å². The van der Waals surface area contributed by atoms with Crippen LogP contribution in [0.1, 0.15) is 16.7 Å². The van der Waals surface area contributed by atoms with E-state index in [1.807, 2.05) is 24.3 Å². The molecule has 9 heteroatoms. The molecule has 0 unspecified atom stereocenters. The molecule has 1 aliphatic heterocycles. The molecule has 0 saturated heterocycles. The molecular formula is C19H13BrCl2N2O2S2. The molecule has 0 atom stereocenters. The van der Waals surface area contributed by atoms with Crippen LogP contribution >= 0.6 is 50.5 Å².